The summed E-state index contributed by atoms with van der Waals surface area (Å²) in [7, 11) is 1.08. The maximum absolute atomic E-state index is 11.1. The van der Waals surface area contributed by atoms with Crippen molar-refractivity contribution in [1.29, 1.82) is 0 Å². The number of carbonyl (C=O) groups is 3. The maximum atomic E-state index is 11.1. The van der Waals surface area contributed by atoms with Gasteiger partial charge in [0.15, 0.2) is 0 Å². The lowest BCUT2D eigenvalue weighted by atomic mass is 10.3. The van der Waals surface area contributed by atoms with E-state index < -0.39 is 17.8 Å². The van der Waals surface area contributed by atoms with E-state index in [1.54, 1.807) is 0 Å². The fraction of sp³-hybridized carbons (Fsp3) is 0.545. The standard InChI is InChI=1S/C11H17NO5/c1-3-4-5-6-7-17-9(13)8-12-10(14)11(15)16-2/h3-4H,5-8H2,1-2H3,(H,12,14)/b4-3+. The molecule has 1 N–H and O–H groups in total. The first-order chi connectivity index (χ1) is 8.11. The lowest BCUT2D eigenvalue weighted by molar-refractivity contribution is -0.153. The van der Waals surface area contributed by atoms with E-state index in [1.165, 1.54) is 0 Å². The molecule has 0 aromatic heterocycles. The van der Waals surface area contributed by atoms with Crippen LogP contribution in [0.5, 0.6) is 0 Å². The molecule has 0 aliphatic carbocycles. The number of unbranched alkanes of at least 4 members (excludes halogenated alkanes) is 1. The van der Waals surface area contributed by atoms with Crippen LogP contribution in [0.4, 0.5) is 0 Å². The van der Waals surface area contributed by atoms with Gasteiger partial charge in [-0.1, -0.05) is 12.2 Å². The van der Waals surface area contributed by atoms with Gasteiger partial charge >= 0.3 is 17.8 Å². The van der Waals surface area contributed by atoms with E-state index in [1.807, 2.05) is 19.1 Å². The first-order valence-electron chi connectivity index (χ1n) is 5.24. The summed E-state index contributed by atoms with van der Waals surface area (Å²) in [5, 5.41) is 2.08. The number of rotatable bonds is 6. The van der Waals surface area contributed by atoms with Gasteiger partial charge in [0.1, 0.15) is 6.54 Å². The van der Waals surface area contributed by atoms with Gasteiger partial charge in [-0.2, -0.15) is 0 Å². The molecule has 6 heteroatoms. The minimum atomic E-state index is -1.04. The molecule has 0 saturated heterocycles. The number of amides is 1. The van der Waals surface area contributed by atoms with Crippen molar-refractivity contribution < 1.29 is 23.9 Å². The summed E-state index contributed by atoms with van der Waals surface area (Å²) in [6.07, 6.45) is 5.44. The Morgan fingerprint density at radius 2 is 2.00 bits per heavy atom. The third kappa shape index (κ3) is 8.01. The number of hydrogen-bond acceptors (Lipinski definition) is 5. The number of esters is 2. The minimum absolute atomic E-state index is 0.289. The van der Waals surface area contributed by atoms with Crippen LogP contribution in [-0.2, 0) is 23.9 Å². The fourth-order valence-electron chi connectivity index (χ4n) is 0.922. The lowest BCUT2D eigenvalue weighted by Crippen LogP contribution is -2.36. The molecule has 0 atom stereocenters. The zero-order valence-corrected chi connectivity index (χ0v) is 10.0. The van der Waals surface area contributed by atoms with Gasteiger partial charge in [0.2, 0.25) is 0 Å². The van der Waals surface area contributed by atoms with Crippen molar-refractivity contribution in [3.05, 3.63) is 12.2 Å². The highest BCUT2D eigenvalue weighted by Crippen LogP contribution is 1.92. The molecule has 0 aromatic carbocycles. The van der Waals surface area contributed by atoms with E-state index >= 15 is 0 Å². The van der Waals surface area contributed by atoms with Crippen LogP contribution in [-0.4, -0.2) is 38.1 Å². The predicted molar refractivity (Wildman–Crippen MR) is 60.0 cm³/mol. The van der Waals surface area contributed by atoms with Gasteiger partial charge in [0.05, 0.1) is 13.7 Å². The average Bonchev–Trinajstić information content (AvgIpc) is 2.34. The predicted octanol–water partition coefficient (Wildman–Crippen LogP) is 0.175. The zero-order valence-electron chi connectivity index (χ0n) is 10.0. The van der Waals surface area contributed by atoms with Gasteiger partial charge in [-0.05, 0) is 19.8 Å². The molecule has 17 heavy (non-hydrogen) atoms. The fourth-order valence-corrected chi connectivity index (χ4v) is 0.922. The van der Waals surface area contributed by atoms with Gasteiger partial charge in [0.25, 0.3) is 0 Å². The Balaban J connectivity index is 3.59. The molecule has 0 heterocycles. The topological polar surface area (TPSA) is 81.7 Å². The summed E-state index contributed by atoms with van der Waals surface area (Å²) in [5.74, 6) is -2.58. The molecule has 1 amide bonds. The molecule has 0 spiro atoms. The minimum Gasteiger partial charge on any atom is -0.464 e. The van der Waals surface area contributed by atoms with Crippen LogP contribution in [0.3, 0.4) is 0 Å². The van der Waals surface area contributed by atoms with E-state index in [4.69, 9.17) is 4.74 Å². The first-order valence-corrected chi connectivity index (χ1v) is 5.24. The normalized spacial score (nSPS) is 10.0. The highest BCUT2D eigenvalue weighted by molar-refractivity contribution is 6.32. The van der Waals surface area contributed by atoms with Crippen LogP contribution in [0.25, 0.3) is 0 Å². The van der Waals surface area contributed by atoms with Gasteiger partial charge in [-0.25, -0.2) is 4.79 Å². The van der Waals surface area contributed by atoms with Crippen molar-refractivity contribution >= 4 is 17.8 Å². The Labute approximate surface area is 100.0 Å². The number of nitrogens with one attached hydrogen (secondary N) is 1. The van der Waals surface area contributed by atoms with Crippen molar-refractivity contribution in [2.24, 2.45) is 0 Å². The van der Waals surface area contributed by atoms with Crippen molar-refractivity contribution in [3.63, 3.8) is 0 Å². The smallest absolute Gasteiger partial charge is 0.396 e. The number of ether oxygens (including phenoxy) is 2. The largest absolute Gasteiger partial charge is 0.464 e. The summed E-state index contributed by atoms with van der Waals surface area (Å²) in [6.45, 7) is 1.86. The van der Waals surface area contributed by atoms with Gasteiger partial charge in [-0.3, -0.25) is 9.59 Å². The third-order valence-corrected chi connectivity index (χ3v) is 1.78. The van der Waals surface area contributed by atoms with Crippen LogP contribution >= 0.6 is 0 Å². The zero-order chi connectivity index (χ0) is 13.1. The average molecular weight is 243 g/mol. The summed E-state index contributed by atoms with van der Waals surface area (Å²) in [4.78, 5) is 32.6. The van der Waals surface area contributed by atoms with Crippen LogP contribution in [0, 0.1) is 0 Å². The molecule has 0 aliphatic rings. The highest BCUT2D eigenvalue weighted by Gasteiger charge is 2.14. The molecule has 0 saturated carbocycles. The summed E-state index contributed by atoms with van der Waals surface area (Å²) < 4.78 is 8.97. The molecule has 0 rings (SSSR count). The van der Waals surface area contributed by atoms with Gasteiger partial charge in [0, 0.05) is 0 Å². The monoisotopic (exact) mass is 243 g/mol. The van der Waals surface area contributed by atoms with E-state index in [9.17, 15) is 14.4 Å². The molecule has 0 aromatic rings. The molecule has 6 nitrogen and oxygen atoms in total. The molecule has 96 valence electrons. The van der Waals surface area contributed by atoms with Crippen LogP contribution in [0.15, 0.2) is 12.2 Å². The molecule has 0 bridgehead atoms. The van der Waals surface area contributed by atoms with Crippen molar-refractivity contribution in [2.75, 3.05) is 20.3 Å². The Bertz CT molecular complexity index is 298. The Hall–Kier alpha value is -1.85. The first kappa shape index (κ1) is 15.2. The molecule has 0 aliphatic heterocycles. The second-order valence-electron chi connectivity index (χ2n) is 3.11. The lowest BCUT2D eigenvalue weighted by Gasteiger charge is -2.04. The quantitative estimate of drug-likeness (QED) is 0.311. The number of allylic oxidation sites excluding steroid dienone is 2. The SMILES string of the molecule is C/C=C/CCCOC(=O)CNC(=O)C(=O)OC. The van der Waals surface area contributed by atoms with Gasteiger partial charge in [-0.15, -0.1) is 0 Å². The summed E-state index contributed by atoms with van der Waals surface area (Å²) in [5.41, 5.74) is 0. The van der Waals surface area contributed by atoms with Gasteiger partial charge < -0.3 is 14.8 Å². The number of carbonyl (C=O) groups excluding carboxylic acids is 3. The molecule has 0 fully saturated rings. The summed E-state index contributed by atoms with van der Waals surface area (Å²) >= 11 is 0. The van der Waals surface area contributed by atoms with Crippen molar-refractivity contribution in [2.45, 2.75) is 19.8 Å². The Morgan fingerprint density at radius 1 is 1.29 bits per heavy atom. The van der Waals surface area contributed by atoms with E-state index in [-0.39, 0.29) is 13.2 Å². The number of hydrogen-bond donors (Lipinski definition) is 1. The van der Waals surface area contributed by atoms with Crippen LogP contribution in [0.2, 0.25) is 0 Å². The highest BCUT2D eigenvalue weighted by atomic mass is 16.5. The van der Waals surface area contributed by atoms with Crippen molar-refractivity contribution in [1.82, 2.24) is 5.32 Å². The third-order valence-electron chi connectivity index (χ3n) is 1.78. The second-order valence-corrected chi connectivity index (χ2v) is 3.11. The van der Waals surface area contributed by atoms with E-state index in [2.05, 4.69) is 10.1 Å². The summed E-state index contributed by atoms with van der Waals surface area (Å²) in [6, 6.07) is 0. The molecular formula is C11H17NO5. The van der Waals surface area contributed by atoms with Crippen LogP contribution < -0.4 is 5.32 Å². The van der Waals surface area contributed by atoms with Crippen molar-refractivity contribution in [3.8, 4) is 0 Å². The molecular weight excluding hydrogens is 226 g/mol. The number of methoxy groups -OCH3 is 1. The van der Waals surface area contributed by atoms with E-state index in [0.29, 0.717) is 0 Å². The van der Waals surface area contributed by atoms with E-state index in [0.717, 1.165) is 20.0 Å². The maximum Gasteiger partial charge on any atom is 0.396 e. The Morgan fingerprint density at radius 3 is 2.59 bits per heavy atom. The molecule has 0 radical (unpaired) electrons. The van der Waals surface area contributed by atoms with Crippen LogP contribution in [0.1, 0.15) is 19.8 Å². The Kier molecular flexibility index (Phi) is 8.36. The second kappa shape index (κ2) is 9.38. The molecule has 0 unspecified atom stereocenters.